The van der Waals surface area contributed by atoms with Crippen molar-refractivity contribution >= 4 is 17.6 Å². The Morgan fingerprint density at radius 1 is 1.31 bits per heavy atom. The van der Waals surface area contributed by atoms with E-state index in [0.29, 0.717) is 5.82 Å². The molecule has 1 aromatic rings. The van der Waals surface area contributed by atoms with Gasteiger partial charge >= 0.3 is 0 Å². The summed E-state index contributed by atoms with van der Waals surface area (Å²) in [6.07, 6.45) is 6.93. The highest BCUT2D eigenvalue weighted by Gasteiger charge is 2.14. The Bertz CT molecular complexity index is 328. The number of anilines is 1. The van der Waals surface area contributed by atoms with Crippen LogP contribution in [0.1, 0.15) is 37.8 Å². The Morgan fingerprint density at radius 2 is 2.06 bits per heavy atom. The van der Waals surface area contributed by atoms with Crippen molar-refractivity contribution in [3.63, 3.8) is 0 Å². The van der Waals surface area contributed by atoms with E-state index in [0.717, 1.165) is 22.5 Å². The number of hydrogen-bond acceptors (Lipinski definition) is 4. The van der Waals surface area contributed by atoms with E-state index in [1.165, 1.54) is 32.1 Å². The summed E-state index contributed by atoms with van der Waals surface area (Å²) in [6.45, 7) is 1.96. The first-order valence-electron chi connectivity index (χ1n) is 5.98. The zero-order valence-electron chi connectivity index (χ0n) is 9.78. The molecule has 0 saturated heterocycles. The highest BCUT2D eigenvalue weighted by molar-refractivity contribution is 7.99. The van der Waals surface area contributed by atoms with Gasteiger partial charge in [0.2, 0.25) is 0 Å². The monoisotopic (exact) mass is 237 g/mol. The molecule has 2 N–H and O–H groups in total. The number of rotatable bonds is 3. The molecular weight excluding hydrogens is 218 g/mol. The molecule has 0 amide bonds. The molecule has 0 aliphatic heterocycles. The largest absolute Gasteiger partial charge is 0.384 e. The Balaban J connectivity index is 1.88. The summed E-state index contributed by atoms with van der Waals surface area (Å²) in [5.41, 5.74) is 6.66. The lowest BCUT2D eigenvalue weighted by Gasteiger charge is -2.20. The van der Waals surface area contributed by atoms with Gasteiger partial charge in [0.15, 0.2) is 5.16 Å². The lowest BCUT2D eigenvalue weighted by atomic mass is 9.91. The minimum absolute atomic E-state index is 0.582. The van der Waals surface area contributed by atoms with Gasteiger partial charge in [-0.15, -0.1) is 0 Å². The van der Waals surface area contributed by atoms with Crippen molar-refractivity contribution < 1.29 is 0 Å². The summed E-state index contributed by atoms with van der Waals surface area (Å²) in [5, 5.41) is 0.836. The number of thioether (sulfide) groups is 1. The first-order valence-corrected chi connectivity index (χ1v) is 6.96. The summed E-state index contributed by atoms with van der Waals surface area (Å²) in [6, 6.07) is 1.81. The molecule has 0 aromatic carbocycles. The summed E-state index contributed by atoms with van der Waals surface area (Å²) in [4.78, 5) is 8.64. The summed E-state index contributed by atoms with van der Waals surface area (Å²) in [5.74, 6) is 2.57. The third-order valence-electron chi connectivity index (χ3n) is 3.03. The van der Waals surface area contributed by atoms with Crippen molar-refractivity contribution in [1.29, 1.82) is 0 Å². The molecule has 0 unspecified atom stereocenters. The number of nitrogens with zero attached hydrogens (tertiary/aromatic N) is 2. The average Bonchev–Trinajstić information content (AvgIpc) is 2.27. The SMILES string of the molecule is Cc1cc(N)nc(SCC2CCCCC2)n1. The molecule has 3 nitrogen and oxygen atoms in total. The predicted octanol–water partition coefficient (Wildman–Crippen LogP) is 3.04. The lowest BCUT2D eigenvalue weighted by molar-refractivity contribution is 0.391. The maximum atomic E-state index is 5.70. The van der Waals surface area contributed by atoms with Crippen LogP contribution >= 0.6 is 11.8 Å². The molecule has 1 aliphatic carbocycles. The van der Waals surface area contributed by atoms with E-state index in [1.807, 2.05) is 13.0 Å². The van der Waals surface area contributed by atoms with Crippen LogP contribution in [0.2, 0.25) is 0 Å². The molecule has 1 aliphatic rings. The van der Waals surface area contributed by atoms with E-state index in [-0.39, 0.29) is 0 Å². The van der Waals surface area contributed by atoms with Crippen LogP contribution < -0.4 is 5.73 Å². The maximum absolute atomic E-state index is 5.70. The van der Waals surface area contributed by atoms with E-state index in [1.54, 1.807) is 11.8 Å². The van der Waals surface area contributed by atoms with Crippen LogP contribution in [0.4, 0.5) is 5.82 Å². The van der Waals surface area contributed by atoms with Crippen LogP contribution in [-0.2, 0) is 0 Å². The van der Waals surface area contributed by atoms with Gasteiger partial charge in [-0.3, -0.25) is 0 Å². The van der Waals surface area contributed by atoms with Crippen molar-refractivity contribution in [3.05, 3.63) is 11.8 Å². The number of nitrogens with two attached hydrogens (primary N) is 1. The quantitative estimate of drug-likeness (QED) is 0.648. The summed E-state index contributed by atoms with van der Waals surface area (Å²) >= 11 is 1.75. The van der Waals surface area contributed by atoms with Crippen LogP contribution in [0.25, 0.3) is 0 Å². The van der Waals surface area contributed by atoms with E-state index in [4.69, 9.17) is 5.73 Å². The molecule has 1 heterocycles. The van der Waals surface area contributed by atoms with E-state index < -0.39 is 0 Å². The van der Waals surface area contributed by atoms with Crippen LogP contribution in [0.3, 0.4) is 0 Å². The molecule has 1 saturated carbocycles. The van der Waals surface area contributed by atoms with Crippen molar-refractivity contribution in [3.8, 4) is 0 Å². The first-order chi connectivity index (χ1) is 7.74. The average molecular weight is 237 g/mol. The van der Waals surface area contributed by atoms with E-state index in [9.17, 15) is 0 Å². The van der Waals surface area contributed by atoms with Gasteiger partial charge in [0.05, 0.1) is 0 Å². The van der Waals surface area contributed by atoms with Crippen molar-refractivity contribution in [2.75, 3.05) is 11.5 Å². The minimum atomic E-state index is 0.582. The molecule has 0 radical (unpaired) electrons. The fraction of sp³-hybridized carbons (Fsp3) is 0.667. The van der Waals surface area contributed by atoms with Gasteiger partial charge in [-0.1, -0.05) is 31.0 Å². The number of aromatic nitrogens is 2. The Morgan fingerprint density at radius 3 is 2.75 bits per heavy atom. The second-order valence-electron chi connectivity index (χ2n) is 4.53. The van der Waals surface area contributed by atoms with Gasteiger partial charge in [-0.05, 0) is 25.7 Å². The summed E-state index contributed by atoms with van der Waals surface area (Å²) < 4.78 is 0. The van der Waals surface area contributed by atoms with Crippen molar-refractivity contribution in [2.24, 2.45) is 5.92 Å². The van der Waals surface area contributed by atoms with Gasteiger partial charge in [-0.2, -0.15) is 0 Å². The highest BCUT2D eigenvalue weighted by Crippen LogP contribution is 2.28. The standard InChI is InChI=1S/C12H19N3S/c1-9-7-11(13)15-12(14-9)16-8-10-5-3-2-4-6-10/h7,10H,2-6,8H2,1H3,(H2,13,14,15). The molecular formula is C12H19N3S. The van der Waals surface area contributed by atoms with Gasteiger partial charge in [0.1, 0.15) is 5.82 Å². The summed E-state index contributed by atoms with van der Waals surface area (Å²) in [7, 11) is 0. The van der Waals surface area contributed by atoms with Crippen LogP contribution in [0, 0.1) is 12.8 Å². The number of aryl methyl sites for hydroxylation is 1. The van der Waals surface area contributed by atoms with Crippen LogP contribution in [0.15, 0.2) is 11.2 Å². The predicted molar refractivity (Wildman–Crippen MR) is 68.5 cm³/mol. The van der Waals surface area contributed by atoms with Crippen molar-refractivity contribution in [1.82, 2.24) is 9.97 Å². The smallest absolute Gasteiger partial charge is 0.189 e. The Hall–Kier alpha value is -0.770. The zero-order valence-corrected chi connectivity index (χ0v) is 10.6. The van der Waals surface area contributed by atoms with E-state index >= 15 is 0 Å². The maximum Gasteiger partial charge on any atom is 0.189 e. The molecule has 2 rings (SSSR count). The fourth-order valence-electron chi connectivity index (χ4n) is 2.18. The molecule has 16 heavy (non-hydrogen) atoms. The van der Waals surface area contributed by atoms with Gasteiger partial charge in [0, 0.05) is 17.5 Å². The van der Waals surface area contributed by atoms with Crippen molar-refractivity contribution in [2.45, 2.75) is 44.2 Å². The highest BCUT2D eigenvalue weighted by atomic mass is 32.2. The Kier molecular flexibility index (Phi) is 4.04. The molecule has 4 heteroatoms. The third kappa shape index (κ3) is 3.37. The van der Waals surface area contributed by atoms with Crippen LogP contribution in [-0.4, -0.2) is 15.7 Å². The molecule has 0 bridgehead atoms. The normalized spacial score (nSPS) is 17.6. The van der Waals surface area contributed by atoms with Crippen LogP contribution in [0.5, 0.6) is 0 Å². The first kappa shape index (κ1) is 11.7. The number of nitrogen functional groups attached to an aromatic ring is 1. The molecule has 0 atom stereocenters. The second-order valence-corrected chi connectivity index (χ2v) is 5.52. The number of hydrogen-bond donors (Lipinski definition) is 1. The van der Waals surface area contributed by atoms with Gasteiger partial charge < -0.3 is 5.73 Å². The van der Waals surface area contributed by atoms with Gasteiger partial charge in [0.25, 0.3) is 0 Å². The van der Waals surface area contributed by atoms with E-state index in [2.05, 4.69) is 9.97 Å². The zero-order chi connectivity index (χ0) is 11.4. The molecule has 0 spiro atoms. The molecule has 1 fully saturated rings. The second kappa shape index (κ2) is 5.53. The molecule has 1 aromatic heterocycles. The molecule has 88 valence electrons. The Labute approximate surface area is 101 Å². The van der Waals surface area contributed by atoms with Gasteiger partial charge in [-0.25, -0.2) is 9.97 Å². The third-order valence-corrected chi connectivity index (χ3v) is 4.11. The fourth-order valence-corrected chi connectivity index (χ4v) is 3.27. The lowest BCUT2D eigenvalue weighted by Crippen LogP contribution is -2.09. The topological polar surface area (TPSA) is 51.8 Å². The minimum Gasteiger partial charge on any atom is -0.384 e.